The smallest absolute Gasteiger partial charge is 0.277 e. The normalized spacial score (nSPS) is 23.0. The SMILES string of the molecule is Cc1cc(C)cc(-c2nnc(SCC(=O)N[C@H]3CCC[C@H](C)[C@@H]3C)o2)c1. The molecular formula is C20H27N3O2S. The van der Waals surface area contributed by atoms with Gasteiger partial charge in [0.15, 0.2) is 0 Å². The third-order valence-electron chi connectivity index (χ3n) is 5.26. The highest BCUT2D eigenvalue weighted by Crippen LogP contribution is 2.30. The topological polar surface area (TPSA) is 68.0 Å². The fourth-order valence-corrected chi connectivity index (χ4v) is 4.22. The second-order valence-corrected chi connectivity index (χ2v) is 8.41. The maximum atomic E-state index is 12.3. The second-order valence-electron chi connectivity index (χ2n) is 7.48. The summed E-state index contributed by atoms with van der Waals surface area (Å²) in [5.41, 5.74) is 3.22. The number of amides is 1. The summed E-state index contributed by atoms with van der Waals surface area (Å²) in [6.07, 6.45) is 3.51. The molecule has 26 heavy (non-hydrogen) atoms. The van der Waals surface area contributed by atoms with Crippen molar-refractivity contribution >= 4 is 17.7 Å². The van der Waals surface area contributed by atoms with Crippen molar-refractivity contribution in [2.45, 2.75) is 58.2 Å². The molecule has 3 atom stereocenters. The maximum Gasteiger partial charge on any atom is 0.277 e. The second kappa shape index (κ2) is 8.25. The van der Waals surface area contributed by atoms with Crippen LogP contribution in [-0.2, 0) is 4.79 Å². The Kier molecular flexibility index (Phi) is 6.01. The molecule has 0 radical (unpaired) electrons. The number of benzene rings is 1. The lowest BCUT2D eigenvalue weighted by Gasteiger charge is -2.34. The van der Waals surface area contributed by atoms with E-state index in [1.807, 2.05) is 26.0 Å². The summed E-state index contributed by atoms with van der Waals surface area (Å²) in [4.78, 5) is 12.3. The molecule has 0 spiro atoms. The highest BCUT2D eigenvalue weighted by Gasteiger charge is 2.28. The van der Waals surface area contributed by atoms with Crippen LogP contribution in [0.15, 0.2) is 27.8 Å². The van der Waals surface area contributed by atoms with Gasteiger partial charge >= 0.3 is 0 Å². The van der Waals surface area contributed by atoms with E-state index in [-0.39, 0.29) is 11.9 Å². The van der Waals surface area contributed by atoms with Crippen LogP contribution in [0.25, 0.3) is 11.5 Å². The van der Waals surface area contributed by atoms with Crippen LogP contribution in [0.5, 0.6) is 0 Å². The summed E-state index contributed by atoms with van der Waals surface area (Å²) in [7, 11) is 0. The van der Waals surface area contributed by atoms with Crippen molar-refractivity contribution in [1.82, 2.24) is 15.5 Å². The molecule has 1 saturated carbocycles. The fraction of sp³-hybridized carbons (Fsp3) is 0.550. The number of carbonyl (C=O) groups is 1. The van der Waals surface area contributed by atoms with E-state index in [0.29, 0.717) is 28.7 Å². The summed E-state index contributed by atoms with van der Waals surface area (Å²) < 4.78 is 5.72. The Morgan fingerprint density at radius 1 is 1.19 bits per heavy atom. The van der Waals surface area contributed by atoms with E-state index in [1.165, 1.54) is 24.6 Å². The first-order chi connectivity index (χ1) is 12.4. The minimum atomic E-state index is 0.0344. The molecule has 0 bridgehead atoms. The fourth-order valence-electron chi connectivity index (χ4n) is 3.64. The largest absolute Gasteiger partial charge is 0.411 e. The molecule has 140 valence electrons. The first kappa shape index (κ1) is 19.0. The van der Waals surface area contributed by atoms with Crippen LogP contribution in [0.2, 0.25) is 0 Å². The van der Waals surface area contributed by atoms with Gasteiger partial charge < -0.3 is 9.73 Å². The number of carbonyl (C=O) groups excluding carboxylic acids is 1. The third-order valence-corrected chi connectivity index (χ3v) is 6.07. The van der Waals surface area contributed by atoms with E-state index in [0.717, 1.165) is 23.1 Å². The van der Waals surface area contributed by atoms with Crippen LogP contribution in [0, 0.1) is 25.7 Å². The molecule has 1 amide bonds. The van der Waals surface area contributed by atoms with Crippen molar-refractivity contribution in [2.75, 3.05) is 5.75 Å². The molecule has 1 heterocycles. The van der Waals surface area contributed by atoms with E-state index < -0.39 is 0 Å². The molecule has 1 aliphatic carbocycles. The molecule has 1 aromatic heterocycles. The van der Waals surface area contributed by atoms with Crippen LogP contribution in [-0.4, -0.2) is 27.9 Å². The number of nitrogens with one attached hydrogen (secondary N) is 1. The molecule has 1 N–H and O–H groups in total. The number of aromatic nitrogens is 2. The van der Waals surface area contributed by atoms with E-state index in [4.69, 9.17) is 4.42 Å². The molecule has 5 nitrogen and oxygen atoms in total. The van der Waals surface area contributed by atoms with Gasteiger partial charge in [0, 0.05) is 11.6 Å². The van der Waals surface area contributed by atoms with E-state index >= 15 is 0 Å². The standard InChI is InChI=1S/C20H27N3O2S/c1-12-8-13(2)10-16(9-12)19-22-23-20(25-19)26-11-18(24)21-17-7-5-6-14(3)15(17)4/h8-10,14-15,17H,5-7,11H2,1-4H3,(H,21,24)/t14-,15-,17-/m0/s1. The number of hydrogen-bond donors (Lipinski definition) is 1. The zero-order chi connectivity index (χ0) is 18.7. The van der Waals surface area contributed by atoms with Gasteiger partial charge in [0.1, 0.15) is 0 Å². The van der Waals surface area contributed by atoms with E-state index in [9.17, 15) is 4.79 Å². The zero-order valence-corrected chi connectivity index (χ0v) is 16.7. The lowest BCUT2D eigenvalue weighted by molar-refractivity contribution is -0.120. The van der Waals surface area contributed by atoms with Gasteiger partial charge in [-0.3, -0.25) is 4.79 Å². The predicted octanol–water partition coefficient (Wildman–Crippen LogP) is 4.39. The van der Waals surface area contributed by atoms with Crippen molar-refractivity contribution in [3.05, 3.63) is 29.3 Å². The number of hydrogen-bond acceptors (Lipinski definition) is 5. The van der Waals surface area contributed by atoms with Gasteiger partial charge in [-0.2, -0.15) is 0 Å². The van der Waals surface area contributed by atoms with Crippen molar-refractivity contribution < 1.29 is 9.21 Å². The van der Waals surface area contributed by atoms with Crippen LogP contribution < -0.4 is 5.32 Å². The third kappa shape index (κ3) is 4.67. The molecule has 3 rings (SSSR count). The van der Waals surface area contributed by atoms with Crippen molar-refractivity contribution in [3.63, 3.8) is 0 Å². The van der Waals surface area contributed by atoms with Crippen molar-refractivity contribution in [2.24, 2.45) is 11.8 Å². The molecule has 1 fully saturated rings. The predicted molar refractivity (Wildman–Crippen MR) is 104 cm³/mol. The summed E-state index contributed by atoms with van der Waals surface area (Å²) >= 11 is 1.29. The molecule has 0 aliphatic heterocycles. The first-order valence-electron chi connectivity index (χ1n) is 9.26. The molecular weight excluding hydrogens is 346 g/mol. The number of thioether (sulfide) groups is 1. The Morgan fingerprint density at radius 3 is 2.65 bits per heavy atom. The van der Waals surface area contributed by atoms with Crippen LogP contribution >= 0.6 is 11.8 Å². The summed E-state index contributed by atoms with van der Waals surface area (Å²) in [5.74, 6) is 2.02. The maximum absolute atomic E-state index is 12.3. The zero-order valence-electron chi connectivity index (χ0n) is 15.9. The lowest BCUT2D eigenvalue weighted by atomic mass is 9.78. The quantitative estimate of drug-likeness (QED) is 0.788. The van der Waals surface area contributed by atoms with Gasteiger partial charge in [-0.1, -0.05) is 55.6 Å². The van der Waals surface area contributed by atoms with Gasteiger partial charge in [-0.05, 0) is 44.2 Å². The van der Waals surface area contributed by atoms with Crippen LogP contribution in [0.3, 0.4) is 0 Å². The Balaban J connectivity index is 1.55. The van der Waals surface area contributed by atoms with Crippen molar-refractivity contribution in [3.8, 4) is 11.5 Å². The number of aryl methyl sites for hydroxylation is 2. The number of rotatable bonds is 5. The first-order valence-corrected chi connectivity index (χ1v) is 10.3. The average molecular weight is 374 g/mol. The minimum absolute atomic E-state index is 0.0344. The lowest BCUT2D eigenvalue weighted by Crippen LogP contribution is -2.44. The van der Waals surface area contributed by atoms with E-state index in [1.54, 1.807) is 0 Å². The van der Waals surface area contributed by atoms with Gasteiger partial charge in [0.05, 0.1) is 5.75 Å². The van der Waals surface area contributed by atoms with Gasteiger partial charge in [0.25, 0.3) is 5.22 Å². The van der Waals surface area contributed by atoms with Gasteiger partial charge in [0.2, 0.25) is 11.8 Å². The molecule has 1 aromatic carbocycles. The minimum Gasteiger partial charge on any atom is -0.411 e. The van der Waals surface area contributed by atoms with Gasteiger partial charge in [-0.25, -0.2) is 0 Å². The Hall–Kier alpha value is -1.82. The Morgan fingerprint density at radius 2 is 1.92 bits per heavy atom. The molecule has 0 unspecified atom stereocenters. The van der Waals surface area contributed by atoms with Gasteiger partial charge in [-0.15, -0.1) is 10.2 Å². The Labute approximate surface area is 159 Å². The molecule has 1 aliphatic rings. The Bertz CT molecular complexity index is 754. The van der Waals surface area contributed by atoms with Crippen LogP contribution in [0.4, 0.5) is 0 Å². The summed E-state index contributed by atoms with van der Waals surface area (Å²) in [5, 5.41) is 11.8. The monoisotopic (exact) mass is 373 g/mol. The molecule has 2 aromatic rings. The van der Waals surface area contributed by atoms with E-state index in [2.05, 4.69) is 35.4 Å². The average Bonchev–Trinajstić information content (AvgIpc) is 3.05. The molecule has 0 saturated heterocycles. The molecule has 6 heteroatoms. The number of nitrogens with zero attached hydrogens (tertiary/aromatic N) is 2. The highest BCUT2D eigenvalue weighted by atomic mass is 32.2. The summed E-state index contributed by atoms with van der Waals surface area (Å²) in [6.45, 7) is 8.58. The summed E-state index contributed by atoms with van der Waals surface area (Å²) in [6, 6.07) is 6.42. The van der Waals surface area contributed by atoms with Crippen molar-refractivity contribution in [1.29, 1.82) is 0 Å². The highest BCUT2D eigenvalue weighted by molar-refractivity contribution is 7.99. The van der Waals surface area contributed by atoms with Crippen LogP contribution in [0.1, 0.15) is 44.2 Å².